The van der Waals surface area contributed by atoms with Gasteiger partial charge in [-0.2, -0.15) is 0 Å². The monoisotopic (exact) mass is 297 g/mol. The number of alkyl halides is 1. The molecule has 1 aliphatic heterocycles. The predicted molar refractivity (Wildman–Crippen MR) is 71.0 cm³/mol. The van der Waals surface area contributed by atoms with Crippen LogP contribution in [0.15, 0.2) is 18.2 Å². The Morgan fingerprint density at radius 3 is 3.06 bits per heavy atom. The molecule has 0 unspecified atom stereocenters. The fourth-order valence-electron chi connectivity index (χ4n) is 1.87. The normalized spacial score (nSPS) is 14.1. The van der Waals surface area contributed by atoms with Crippen molar-refractivity contribution in [1.82, 2.24) is 5.32 Å². The zero-order valence-corrected chi connectivity index (χ0v) is 11.3. The Bertz CT molecular complexity index is 406. The van der Waals surface area contributed by atoms with Crippen LogP contribution in [0, 0.1) is 0 Å². The molecule has 0 saturated carbocycles. The lowest BCUT2D eigenvalue weighted by Crippen LogP contribution is -2.31. The molecule has 0 saturated heterocycles. The van der Waals surface area contributed by atoms with Gasteiger partial charge in [0.1, 0.15) is 5.75 Å². The molecule has 1 aliphatic rings. The topological polar surface area (TPSA) is 38.3 Å². The third-order valence-electron chi connectivity index (χ3n) is 2.80. The van der Waals surface area contributed by atoms with Crippen molar-refractivity contribution in [3.63, 3.8) is 0 Å². The van der Waals surface area contributed by atoms with E-state index in [1.807, 2.05) is 18.2 Å². The smallest absolute Gasteiger partial charge is 0.251 e. The first-order chi connectivity index (χ1) is 8.31. The highest BCUT2D eigenvalue weighted by atomic mass is 79.9. The first-order valence-corrected chi connectivity index (χ1v) is 7.03. The van der Waals surface area contributed by atoms with Crippen molar-refractivity contribution in [2.75, 3.05) is 18.5 Å². The number of benzene rings is 1. The molecule has 0 atom stereocenters. The van der Waals surface area contributed by atoms with Crippen LogP contribution < -0.4 is 10.1 Å². The van der Waals surface area contributed by atoms with Crippen LogP contribution in [-0.2, 0) is 6.42 Å². The zero-order chi connectivity index (χ0) is 12.1. The van der Waals surface area contributed by atoms with Crippen molar-refractivity contribution in [3.8, 4) is 5.75 Å². The minimum Gasteiger partial charge on any atom is -0.494 e. The Hall–Kier alpha value is -1.03. The molecule has 0 radical (unpaired) electrons. The second kappa shape index (κ2) is 6.05. The summed E-state index contributed by atoms with van der Waals surface area (Å²) < 4.78 is 5.62. The Morgan fingerprint density at radius 2 is 2.24 bits per heavy atom. The highest BCUT2D eigenvalue weighted by Gasteiger charge is 2.16. The fourth-order valence-corrected chi connectivity index (χ4v) is 2.26. The van der Waals surface area contributed by atoms with Crippen LogP contribution in [0.25, 0.3) is 0 Å². The van der Waals surface area contributed by atoms with E-state index in [0.717, 1.165) is 48.0 Å². The summed E-state index contributed by atoms with van der Waals surface area (Å²) in [6.07, 6.45) is 3.03. The molecule has 1 heterocycles. The number of halogens is 1. The molecule has 4 heteroatoms. The molecule has 1 amide bonds. The van der Waals surface area contributed by atoms with E-state index in [-0.39, 0.29) is 5.91 Å². The molecule has 1 N–H and O–H groups in total. The third kappa shape index (κ3) is 3.22. The van der Waals surface area contributed by atoms with E-state index >= 15 is 0 Å². The number of hydrogen-bond acceptors (Lipinski definition) is 2. The SMILES string of the molecule is O=C1NCCc2ccc(OCCCCBr)cc21. The molecule has 0 spiro atoms. The number of fused-ring (bicyclic) bond motifs is 1. The Morgan fingerprint density at radius 1 is 1.35 bits per heavy atom. The number of carbonyl (C=O) groups excluding carboxylic acids is 1. The summed E-state index contributed by atoms with van der Waals surface area (Å²) >= 11 is 3.38. The summed E-state index contributed by atoms with van der Waals surface area (Å²) in [5.41, 5.74) is 1.87. The van der Waals surface area contributed by atoms with Gasteiger partial charge in [-0.25, -0.2) is 0 Å². The number of nitrogens with one attached hydrogen (secondary N) is 1. The van der Waals surface area contributed by atoms with Gasteiger partial charge in [-0.15, -0.1) is 0 Å². The van der Waals surface area contributed by atoms with Crippen LogP contribution in [-0.4, -0.2) is 24.4 Å². The Labute approximate surface area is 110 Å². The highest BCUT2D eigenvalue weighted by molar-refractivity contribution is 9.09. The Kier molecular flexibility index (Phi) is 4.42. The van der Waals surface area contributed by atoms with Gasteiger partial charge < -0.3 is 10.1 Å². The van der Waals surface area contributed by atoms with Crippen LogP contribution in [0.5, 0.6) is 5.75 Å². The number of hydrogen-bond donors (Lipinski definition) is 1. The standard InChI is InChI=1S/C13H16BrNO2/c14-6-1-2-8-17-11-4-3-10-5-7-15-13(16)12(10)9-11/h3-4,9H,1-2,5-8H2,(H,15,16). The average molecular weight is 298 g/mol. The molecule has 0 aromatic heterocycles. The van der Waals surface area contributed by atoms with Crippen molar-refractivity contribution >= 4 is 21.8 Å². The molecular formula is C13H16BrNO2. The third-order valence-corrected chi connectivity index (χ3v) is 3.36. The summed E-state index contributed by atoms with van der Waals surface area (Å²) in [5, 5.41) is 3.84. The van der Waals surface area contributed by atoms with Gasteiger partial charge >= 0.3 is 0 Å². The maximum absolute atomic E-state index is 11.6. The summed E-state index contributed by atoms with van der Waals surface area (Å²) in [7, 11) is 0. The number of amides is 1. The van der Waals surface area contributed by atoms with Gasteiger partial charge in [-0.05, 0) is 37.0 Å². The molecule has 1 aromatic rings. The van der Waals surface area contributed by atoms with Crippen molar-refractivity contribution in [2.45, 2.75) is 19.3 Å². The molecule has 17 heavy (non-hydrogen) atoms. The van der Waals surface area contributed by atoms with Crippen LogP contribution in [0.1, 0.15) is 28.8 Å². The molecule has 92 valence electrons. The van der Waals surface area contributed by atoms with Gasteiger partial charge in [0.25, 0.3) is 5.91 Å². The zero-order valence-electron chi connectivity index (χ0n) is 9.67. The van der Waals surface area contributed by atoms with Crippen LogP contribution in [0.3, 0.4) is 0 Å². The van der Waals surface area contributed by atoms with E-state index in [1.54, 1.807) is 0 Å². The van der Waals surface area contributed by atoms with E-state index < -0.39 is 0 Å². The number of ether oxygens (including phenoxy) is 1. The van der Waals surface area contributed by atoms with Crippen molar-refractivity contribution < 1.29 is 9.53 Å². The number of rotatable bonds is 5. The molecule has 0 bridgehead atoms. The van der Waals surface area contributed by atoms with E-state index in [2.05, 4.69) is 21.2 Å². The predicted octanol–water partition coefficient (Wildman–Crippen LogP) is 2.53. The largest absolute Gasteiger partial charge is 0.494 e. The highest BCUT2D eigenvalue weighted by Crippen LogP contribution is 2.20. The Balaban J connectivity index is 2.00. The second-order valence-corrected chi connectivity index (χ2v) is 4.86. The van der Waals surface area contributed by atoms with Crippen molar-refractivity contribution in [3.05, 3.63) is 29.3 Å². The van der Waals surface area contributed by atoms with E-state index in [0.29, 0.717) is 6.61 Å². The molecule has 0 aliphatic carbocycles. The molecular weight excluding hydrogens is 282 g/mol. The van der Waals surface area contributed by atoms with Gasteiger partial charge in [-0.1, -0.05) is 22.0 Å². The summed E-state index contributed by atoms with van der Waals surface area (Å²) in [6, 6.07) is 5.79. The first-order valence-electron chi connectivity index (χ1n) is 5.91. The fraction of sp³-hybridized carbons (Fsp3) is 0.462. The summed E-state index contributed by atoms with van der Waals surface area (Å²) in [6.45, 7) is 1.43. The number of carbonyl (C=O) groups is 1. The molecule has 3 nitrogen and oxygen atoms in total. The second-order valence-electron chi connectivity index (χ2n) is 4.07. The van der Waals surface area contributed by atoms with E-state index in [9.17, 15) is 4.79 Å². The summed E-state index contributed by atoms with van der Waals surface area (Å²) in [5.74, 6) is 0.799. The van der Waals surface area contributed by atoms with Crippen LogP contribution in [0.4, 0.5) is 0 Å². The molecule has 0 fully saturated rings. The van der Waals surface area contributed by atoms with Crippen LogP contribution in [0.2, 0.25) is 0 Å². The van der Waals surface area contributed by atoms with Crippen molar-refractivity contribution in [2.24, 2.45) is 0 Å². The van der Waals surface area contributed by atoms with Crippen LogP contribution >= 0.6 is 15.9 Å². The maximum Gasteiger partial charge on any atom is 0.251 e. The minimum absolute atomic E-state index is 0.0113. The first kappa shape index (κ1) is 12.4. The van der Waals surface area contributed by atoms with Gasteiger partial charge in [0.05, 0.1) is 6.61 Å². The summed E-state index contributed by atoms with van der Waals surface area (Å²) in [4.78, 5) is 11.6. The minimum atomic E-state index is 0.0113. The lowest BCUT2D eigenvalue weighted by Gasteiger charge is -2.17. The van der Waals surface area contributed by atoms with Gasteiger partial charge in [0.2, 0.25) is 0 Å². The van der Waals surface area contributed by atoms with Gasteiger partial charge in [0.15, 0.2) is 0 Å². The maximum atomic E-state index is 11.6. The number of unbranched alkanes of at least 4 members (excludes halogenated alkanes) is 1. The lowest BCUT2D eigenvalue weighted by molar-refractivity contribution is 0.0945. The van der Waals surface area contributed by atoms with Gasteiger partial charge in [-0.3, -0.25) is 4.79 Å². The quantitative estimate of drug-likeness (QED) is 0.670. The van der Waals surface area contributed by atoms with E-state index in [1.165, 1.54) is 0 Å². The molecule has 2 rings (SSSR count). The van der Waals surface area contributed by atoms with Gasteiger partial charge in [0, 0.05) is 17.4 Å². The average Bonchev–Trinajstić information content (AvgIpc) is 2.36. The molecule has 1 aromatic carbocycles. The van der Waals surface area contributed by atoms with Crippen molar-refractivity contribution in [1.29, 1.82) is 0 Å². The lowest BCUT2D eigenvalue weighted by atomic mass is 10.0. The van der Waals surface area contributed by atoms with E-state index in [4.69, 9.17) is 4.74 Å².